The largest absolute Gasteiger partial charge is 0.162 e. The van der Waals surface area contributed by atoms with Crippen molar-refractivity contribution in [1.29, 1.82) is 0 Å². The van der Waals surface area contributed by atoms with E-state index in [4.69, 9.17) is 0 Å². The highest BCUT2D eigenvalue weighted by Crippen LogP contribution is 2.73. The van der Waals surface area contributed by atoms with Gasteiger partial charge in [0.1, 0.15) is 10.8 Å². The summed E-state index contributed by atoms with van der Waals surface area (Å²) in [6, 6.07) is 0. The molecule has 0 aliphatic rings. The highest BCUT2D eigenvalue weighted by molar-refractivity contribution is 9.42. The zero-order valence-electron chi connectivity index (χ0n) is 7.99. The van der Waals surface area contributed by atoms with Crippen molar-refractivity contribution >= 4 is 207 Å². The molecule has 1 unspecified atom stereocenters. The Morgan fingerprint density at radius 2 is 0.789 bits per heavy atom. The quantitative estimate of drug-likeness (QED) is 0.247. The maximum absolute atomic E-state index is 3.77. The third-order valence-corrected chi connectivity index (χ3v) is 22.6. The first-order valence-corrected chi connectivity index (χ1v) is 14.4. The molecule has 0 aliphatic heterocycles. The third-order valence-electron chi connectivity index (χ3n) is 1.92. The fraction of sp³-hybridized carbons (Fsp3) is 1.00. The molecule has 13 heteroatoms. The molecule has 0 radical (unpaired) electrons. The zero-order chi connectivity index (χ0) is 16.1. The van der Waals surface area contributed by atoms with E-state index < -0.39 is 15.1 Å². The van der Waals surface area contributed by atoms with Crippen LogP contribution in [0.25, 0.3) is 0 Å². The van der Waals surface area contributed by atoms with Crippen LogP contribution in [0.5, 0.6) is 0 Å². The minimum atomic E-state index is -0.759. The van der Waals surface area contributed by atoms with Gasteiger partial charge >= 0.3 is 0 Å². The highest BCUT2D eigenvalue weighted by atomic mass is 80.0. The van der Waals surface area contributed by atoms with E-state index >= 15 is 0 Å². The molecule has 0 saturated carbocycles. The van der Waals surface area contributed by atoms with Crippen LogP contribution in [0.3, 0.4) is 0 Å². The molecule has 0 aromatic carbocycles. The number of alkyl halides is 13. The minimum Gasteiger partial charge on any atom is -0.0771 e. The SMILES string of the molecule is BrC(Br)C(Br)(C(Br)(Br)Br)C(Br)(Br)C(Br)(Br)C(Br)(Br)Br. The van der Waals surface area contributed by atoms with Gasteiger partial charge in [-0.15, -0.1) is 0 Å². The van der Waals surface area contributed by atoms with Crippen LogP contribution in [0.4, 0.5) is 0 Å². The highest BCUT2D eigenvalue weighted by Gasteiger charge is 2.71. The summed E-state index contributed by atoms with van der Waals surface area (Å²) >= 11 is 47.0. The van der Waals surface area contributed by atoms with E-state index in [2.05, 4.69) is 207 Å². The predicted molar refractivity (Wildman–Crippen MR) is 133 cm³/mol. The standard InChI is InChI=1S/C6HBr13/c7-1(8)2(9,5(14,15)16)3(10,11)4(12,13)6(17,18)19/h1H. The van der Waals surface area contributed by atoms with Gasteiger partial charge in [-0.25, -0.2) is 0 Å². The van der Waals surface area contributed by atoms with Crippen molar-refractivity contribution < 1.29 is 0 Å². The molecule has 0 spiro atoms. The van der Waals surface area contributed by atoms with Crippen LogP contribution in [0, 0.1) is 0 Å². The summed E-state index contributed by atoms with van der Waals surface area (Å²) in [4.78, 5) is 0. The van der Waals surface area contributed by atoms with Crippen LogP contribution in [0.2, 0.25) is 0 Å². The van der Waals surface area contributed by atoms with Crippen molar-refractivity contribution in [1.82, 2.24) is 0 Å². The monoisotopic (exact) mass is 1100 g/mol. The summed E-state index contributed by atoms with van der Waals surface area (Å²) in [6.07, 6.45) is 0. The van der Waals surface area contributed by atoms with E-state index in [0.717, 1.165) is 0 Å². The van der Waals surface area contributed by atoms with E-state index in [1.54, 1.807) is 0 Å². The average Bonchev–Trinajstić information content (AvgIpc) is 2.11. The number of rotatable bonds is 3. The molecule has 0 heterocycles. The Labute approximate surface area is 221 Å². The molecular formula is C6HBr13. The summed E-state index contributed by atoms with van der Waals surface area (Å²) < 4.78 is -3.67. The second kappa shape index (κ2) is 8.50. The van der Waals surface area contributed by atoms with Crippen LogP contribution in [-0.2, 0) is 0 Å². The average molecular weight is 1110 g/mol. The number of halogens is 13. The number of hydrogen-bond donors (Lipinski definition) is 0. The molecule has 0 rings (SSSR count). The Bertz CT molecular complexity index is 321. The van der Waals surface area contributed by atoms with Gasteiger partial charge in [0, 0.05) is 0 Å². The van der Waals surface area contributed by atoms with Gasteiger partial charge in [-0.3, -0.25) is 0 Å². The van der Waals surface area contributed by atoms with Crippen molar-refractivity contribution in [2.24, 2.45) is 0 Å². The van der Waals surface area contributed by atoms with Crippen molar-refractivity contribution in [3.63, 3.8) is 0 Å². The van der Waals surface area contributed by atoms with Crippen LogP contribution in [0.15, 0.2) is 0 Å². The lowest BCUT2D eigenvalue weighted by Crippen LogP contribution is -2.63. The van der Waals surface area contributed by atoms with Gasteiger partial charge in [0.2, 0.25) is 0 Å². The Kier molecular flexibility index (Phi) is 11.3. The lowest BCUT2D eigenvalue weighted by Gasteiger charge is -2.53. The van der Waals surface area contributed by atoms with Crippen molar-refractivity contribution in [2.45, 2.75) is 18.8 Å². The second-order valence-corrected chi connectivity index (χ2v) is 27.9. The summed E-state index contributed by atoms with van der Waals surface area (Å²) in [5.74, 6) is 0. The Morgan fingerprint density at radius 3 is 0.947 bits per heavy atom. The van der Waals surface area contributed by atoms with E-state index in [9.17, 15) is 0 Å². The molecule has 0 bridgehead atoms. The van der Waals surface area contributed by atoms with Gasteiger partial charge < -0.3 is 0 Å². The molecule has 0 nitrogen and oxygen atoms in total. The normalized spacial score (nSPS) is 18.6. The summed E-state index contributed by atoms with van der Waals surface area (Å²) in [7, 11) is 0. The first-order chi connectivity index (χ1) is 7.94. The maximum atomic E-state index is 3.77. The van der Waals surface area contributed by atoms with Gasteiger partial charge in [-0.05, 0) is 0 Å². The fourth-order valence-electron chi connectivity index (χ4n) is 0.845. The first kappa shape index (κ1) is 25.2. The van der Waals surface area contributed by atoms with Gasteiger partial charge in [-0.1, -0.05) is 207 Å². The summed E-state index contributed by atoms with van der Waals surface area (Å²) in [6.45, 7) is 0. The maximum Gasteiger partial charge on any atom is 0.162 e. The molecule has 0 amide bonds. The summed E-state index contributed by atoms with van der Waals surface area (Å²) in [5.41, 5.74) is 0. The van der Waals surface area contributed by atoms with Crippen LogP contribution < -0.4 is 0 Å². The molecular weight excluding hydrogens is 1110 g/mol. The van der Waals surface area contributed by atoms with E-state index in [-0.39, 0.29) is 3.74 Å². The Hall–Kier alpha value is 6.24. The van der Waals surface area contributed by atoms with Crippen LogP contribution in [-0.4, -0.2) is 18.8 Å². The Morgan fingerprint density at radius 1 is 0.474 bits per heavy atom. The molecule has 0 aromatic rings. The van der Waals surface area contributed by atoms with Crippen LogP contribution in [0.1, 0.15) is 0 Å². The fourth-order valence-corrected chi connectivity index (χ4v) is 14.1. The second-order valence-electron chi connectivity index (χ2n) is 3.16. The molecule has 1 atom stereocenters. The zero-order valence-corrected chi connectivity index (χ0v) is 28.6. The van der Waals surface area contributed by atoms with Gasteiger partial charge in [0.15, 0.2) is 4.29 Å². The summed E-state index contributed by atoms with van der Waals surface area (Å²) in [5, 5.41) is 0. The van der Waals surface area contributed by atoms with Crippen molar-refractivity contribution in [3.05, 3.63) is 0 Å². The third kappa shape index (κ3) is 5.15. The van der Waals surface area contributed by atoms with Gasteiger partial charge in [0.05, 0.1) is 3.74 Å². The molecule has 0 fully saturated rings. The molecule has 0 saturated heterocycles. The lowest BCUT2D eigenvalue weighted by atomic mass is 10.1. The van der Waals surface area contributed by atoms with Gasteiger partial charge in [0.25, 0.3) is 0 Å². The molecule has 0 N–H and O–H groups in total. The Balaban J connectivity index is 6.13. The minimum absolute atomic E-state index is 0.159. The number of hydrogen-bond acceptors (Lipinski definition) is 0. The molecule has 0 aromatic heterocycles. The topological polar surface area (TPSA) is 0 Å². The smallest absolute Gasteiger partial charge is 0.0771 e. The van der Waals surface area contributed by atoms with Crippen LogP contribution >= 0.6 is 207 Å². The van der Waals surface area contributed by atoms with Gasteiger partial charge in [-0.2, -0.15) is 0 Å². The van der Waals surface area contributed by atoms with E-state index in [1.807, 2.05) is 0 Å². The predicted octanol–water partition coefficient (Wildman–Crippen LogP) is 9.89. The van der Waals surface area contributed by atoms with Crippen molar-refractivity contribution in [2.75, 3.05) is 0 Å². The van der Waals surface area contributed by atoms with Crippen molar-refractivity contribution in [3.8, 4) is 0 Å². The molecule has 19 heavy (non-hydrogen) atoms. The lowest BCUT2D eigenvalue weighted by molar-refractivity contribution is 0.614. The van der Waals surface area contributed by atoms with E-state index in [0.29, 0.717) is 0 Å². The van der Waals surface area contributed by atoms with E-state index in [1.165, 1.54) is 0 Å². The first-order valence-electron chi connectivity index (χ1n) is 3.80. The molecule has 116 valence electrons. The molecule has 0 aliphatic carbocycles.